The SMILES string of the molecule is c1ccc(N(c2ccc3c(c2)c2ccccc2n3-c2ccccc2)c2cccc3cc4c(cc23)oc2ccccc24)cc1. The van der Waals surface area contributed by atoms with Gasteiger partial charge in [-0.05, 0) is 78.2 Å². The molecule has 7 aromatic carbocycles. The van der Waals surface area contributed by atoms with Crippen molar-refractivity contribution >= 4 is 71.6 Å². The predicted octanol–water partition coefficient (Wildman–Crippen LogP) is 11.3. The van der Waals surface area contributed by atoms with Crippen molar-refractivity contribution in [2.75, 3.05) is 4.90 Å². The maximum atomic E-state index is 6.34. The zero-order valence-electron chi connectivity index (χ0n) is 23.3. The molecule has 2 heterocycles. The van der Waals surface area contributed by atoms with Crippen LogP contribution in [0, 0.1) is 0 Å². The molecule has 0 amide bonds. The Labute approximate surface area is 248 Å². The third-order valence-corrected chi connectivity index (χ3v) is 8.54. The van der Waals surface area contributed by atoms with Crippen LogP contribution in [0.5, 0.6) is 0 Å². The molecule has 43 heavy (non-hydrogen) atoms. The molecule has 0 fully saturated rings. The highest BCUT2D eigenvalue weighted by Gasteiger charge is 2.19. The maximum absolute atomic E-state index is 6.34. The van der Waals surface area contributed by atoms with E-state index in [1.165, 1.54) is 27.2 Å². The summed E-state index contributed by atoms with van der Waals surface area (Å²) in [6, 6.07) is 56.0. The molecule has 202 valence electrons. The molecule has 0 aliphatic heterocycles. The molecule has 9 rings (SSSR count). The molecule has 0 aliphatic carbocycles. The Balaban J connectivity index is 1.31. The largest absolute Gasteiger partial charge is 0.456 e. The van der Waals surface area contributed by atoms with E-state index in [0.717, 1.165) is 50.1 Å². The molecular formula is C40H26N2O. The summed E-state index contributed by atoms with van der Waals surface area (Å²) < 4.78 is 8.69. The highest BCUT2D eigenvalue weighted by molar-refractivity contribution is 6.14. The lowest BCUT2D eigenvalue weighted by molar-refractivity contribution is 0.669. The summed E-state index contributed by atoms with van der Waals surface area (Å²) in [5.41, 5.74) is 8.67. The van der Waals surface area contributed by atoms with Crippen molar-refractivity contribution in [2.24, 2.45) is 0 Å². The molecule has 0 saturated heterocycles. The Hall–Kier alpha value is -5.80. The zero-order valence-corrected chi connectivity index (χ0v) is 23.3. The Bertz CT molecular complexity index is 2450. The number of hydrogen-bond donors (Lipinski definition) is 0. The highest BCUT2D eigenvalue weighted by Crippen LogP contribution is 2.43. The van der Waals surface area contributed by atoms with Crippen LogP contribution in [0.3, 0.4) is 0 Å². The van der Waals surface area contributed by atoms with E-state index in [-0.39, 0.29) is 0 Å². The van der Waals surface area contributed by atoms with Crippen LogP contribution in [0.1, 0.15) is 0 Å². The van der Waals surface area contributed by atoms with Crippen LogP contribution in [0.15, 0.2) is 162 Å². The second kappa shape index (κ2) is 9.37. The zero-order chi connectivity index (χ0) is 28.3. The minimum absolute atomic E-state index is 0.899. The van der Waals surface area contributed by atoms with Crippen LogP contribution in [0.4, 0.5) is 17.1 Å². The van der Waals surface area contributed by atoms with E-state index < -0.39 is 0 Å². The number of hydrogen-bond acceptors (Lipinski definition) is 2. The number of furan rings is 1. The van der Waals surface area contributed by atoms with Crippen LogP contribution in [0.25, 0.3) is 60.2 Å². The van der Waals surface area contributed by atoms with Crippen molar-refractivity contribution in [1.82, 2.24) is 4.57 Å². The summed E-state index contributed by atoms with van der Waals surface area (Å²) in [6.07, 6.45) is 0. The van der Waals surface area contributed by atoms with Crippen LogP contribution in [-0.4, -0.2) is 4.57 Å². The quantitative estimate of drug-likeness (QED) is 0.217. The third-order valence-electron chi connectivity index (χ3n) is 8.54. The first kappa shape index (κ1) is 23.9. The Morgan fingerprint density at radius 2 is 1.14 bits per heavy atom. The van der Waals surface area contributed by atoms with Gasteiger partial charge in [-0.15, -0.1) is 0 Å². The van der Waals surface area contributed by atoms with Crippen molar-refractivity contribution in [3.8, 4) is 5.69 Å². The van der Waals surface area contributed by atoms with Crippen LogP contribution in [-0.2, 0) is 0 Å². The molecule has 0 bridgehead atoms. The van der Waals surface area contributed by atoms with Crippen molar-refractivity contribution in [3.63, 3.8) is 0 Å². The van der Waals surface area contributed by atoms with Gasteiger partial charge in [0, 0.05) is 44.0 Å². The second-order valence-electron chi connectivity index (χ2n) is 11.0. The predicted molar refractivity (Wildman–Crippen MR) is 180 cm³/mol. The van der Waals surface area contributed by atoms with Crippen molar-refractivity contribution < 1.29 is 4.42 Å². The summed E-state index contributed by atoms with van der Waals surface area (Å²) in [4.78, 5) is 2.37. The van der Waals surface area contributed by atoms with Gasteiger partial charge in [-0.1, -0.05) is 84.9 Å². The third kappa shape index (κ3) is 3.68. The van der Waals surface area contributed by atoms with E-state index in [4.69, 9.17) is 4.42 Å². The maximum Gasteiger partial charge on any atom is 0.136 e. The lowest BCUT2D eigenvalue weighted by Gasteiger charge is -2.27. The number of nitrogens with zero attached hydrogens (tertiary/aromatic N) is 2. The molecule has 9 aromatic rings. The summed E-state index contributed by atoms with van der Waals surface area (Å²) in [6.45, 7) is 0. The first-order valence-corrected chi connectivity index (χ1v) is 14.6. The van der Waals surface area contributed by atoms with Gasteiger partial charge >= 0.3 is 0 Å². The topological polar surface area (TPSA) is 21.3 Å². The lowest BCUT2D eigenvalue weighted by atomic mass is 10.0. The van der Waals surface area contributed by atoms with Gasteiger partial charge in [-0.25, -0.2) is 0 Å². The lowest BCUT2D eigenvalue weighted by Crippen LogP contribution is -2.10. The molecule has 3 heteroatoms. The van der Waals surface area contributed by atoms with Gasteiger partial charge in [0.05, 0.1) is 16.7 Å². The smallest absolute Gasteiger partial charge is 0.136 e. The normalized spacial score (nSPS) is 11.7. The van der Waals surface area contributed by atoms with E-state index in [2.05, 4.69) is 155 Å². The van der Waals surface area contributed by atoms with Gasteiger partial charge in [0.2, 0.25) is 0 Å². The summed E-state index contributed by atoms with van der Waals surface area (Å²) in [5.74, 6) is 0. The monoisotopic (exact) mass is 550 g/mol. The number of rotatable bonds is 4. The number of aromatic nitrogens is 1. The van der Waals surface area contributed by atoms with E-state index >= 15 is 0 Å². The molecule has 3 nitrogen and oxygen atoms in total. The van der Waals surface area contributed by atoms with E-state index in [1.54, 1.807) is 0 Å². The molecular weight excluding hydrogens is 524 g/mol. The van der Waals surface area contributed by atoms with E-state index in [1.807, 2.05) is 12.1 Å². The fourth-order valence-electron chi connectivity index (χ4n) is 6.64. The van der Waals surface area contributed by atoms with Crippen molar-refractivity contribution in [3.05, 3.63) is 158 Å². The minimum atomic E-state index is 0.899. The number of para-hydroxylation sites is 4. The molecule has 0 aliphatic rings. The molecule has 2 aromatic heterocycles. The Kier molecular flexibility index (Phi) is 5.20. The van der Waals surface area contributed by atoms with Gasteiger partial charge in [0.25, 0.3) is 0 Å². The van der Waals surface area contributed by atoms with Crippen LogP contribution in [0.2, 0.25) is 0 Å². The molecule has 0 unspecified atom stereocenters. The number of benzene rings is 7. The van der Waals surface area contributed by atoms with Gasteiger partial charge in [-0.2, -0.15) is 0 Å². The molecule has 0 N–H and O–H groups in total. The summed E-state index contributed by atoms with van der Waals surface area (Å²) in [7, 11) is 0. The van der Waals surface area contributed by atoms with Crippen LogP contribution >= 0.6 is 0 Å². The van der Waals surface area contributed by atoms with Gasteiger partial charge in [0.1, 0.15) is 11.2 Å². The Morgan fingerprint density at radius 1 is 0.419 bits per heavy atom. The van der Waals surface area contributed by atoms with Gasteiger partial charge < -0.3 is 13.9 Å². The van der Waals surface area contributed by atoms with Gasteiger partial charge in [-0.3, -0.25) is 0 Å². The molecule has 0 saturated carbocycles. The molecule has 0 atom stereocenters. The number of fused-ring (bicyclic) bond motifs is 7. The van der Waals surface area contributed by atoms with Crippen molar-refractivity contribution in [1.29, 1.82) is 0 Å². The summed E-state index contributed by atoms with van der Waals surface area (Å²) in [5, 5.41) is 7.06. The molecule has 0 radical (unpaired) electrons. The minimum Gasteiger partial charge on any atom is -0.456 e. The average Bonchev–Trinajstić information content (AvgIpc) is 3.60. The highest BCUT2D eigenvalue weighted by atomic mass is 16.3. The van der Waals surface area contributed by atoms with Gasteiger partial charge in [0.15, 0.2) is 0 Å². The standard InChI is InChI=1S/C40H26N2O/c1-3-13-28(14-4-1)41(37-20-11-12-27-24-35-32-18-8-10-21-39(32)43-40(35)26-33(27)37)30-22-23-38-34(25-30)31-17-7-9-19-36(31)42(38)29-15-5-2-6-16-29/h1-26H. The fraction of sp³-hybridized carbons (Fsp3) is 0. The summed E-state index contributed by atoms with van der Waals surface area (Å²) >= 11 is 0. The van der Waals surface area contributed by atoms with Crippen molar-refractivity contribution in [2.45, 2.75) is 0 Å². The van der Waals surface area contributed by atoms with E-state index in [0.29, 0.717) is 0 Å². The average molecular weight is 551 g/mol. The fourth-order valence-corrected chi connectivity index (χ4v) is 6.64. The Morgan fingerprint density at radius 3 is 2.00 bits per heavy atom. The van der Waals surface area contributed by atoms with Crippen LogP contribution < -0.4 is 4.90 Å². The van der Waals surface area contributed by atoms with E-state index in [9.17, 15) is 0 Å². The first-order valence-electron chi connectivity index (χ1n) is 14.6. The number of anilines is 3. The second-order valence-corrected chi connectivity index (χ2v) is 11.0. The molecule has 0 spiro atoms. The first-order chi connectivity index (χ1) is 21.3.